The zero-order chi connectivity index (χ0) is 41.3. The molecule has 13 nitrogen and oxygen atoms in total. The van der Waals surface area contributed by atoms with Crippen molar-refractivity contribution in [1.82, 2.24) is 29.4 Å². The van der Waals surface area contributed by atoms with E-state index >= 15 is 0 Å². The van der Waals surface area contributed by atoms with Gasteiger partial charge in [0.1, 0.15) is 18.2 Å². The van der Waals surface area contributed by atoms with Gasteiger partial charge in [0.05, 0.1) is 35.6 Å². The van der Waals surface area contributed by atoms with Crippen LogP contribution in [0.15, 0.2) is 54.6 Å². The maximum Gasteiger partial charge on any atom is 0.242 e. The van der Waals surface area contributed by atoms with Crippen molar-refractivity contribution in [2.75, 3.05) is 80.8 Å². The number of benzene rings is 3. The Morgan fingerprint density at radius 1 is 0.746 bits per heavy atom. The Morgan fingerprint density at radius 3 is 2.17 bits per heavy atom. The molecule has 1 amide bonds. The Hall–Kier alpha value is -5.61. The number of nitrogens with zero attached hydrogens (tertiary/aromatic N) is 8. The minimum Gasteiger partial charge on any atom is -0.378 e. The Morgan fingerprint density at radius 2 is 1.42 bits per heavy atom. The van der Waals surface area contributed by atoms with E-state index in [0.29, 0.717) is 88.9 Å². The summed E-state index contributed by atoms with van der Waals surface area (Å²) in [4.78, 5) is 51.6. The number of aryl methyl sites for hydroxylation is 2. The number of amides is 1. The lowest BCUT2D eigenvalue weighted by Crippen LogP contribution is -2.49. The van der Waals surface area contributed by atoms with Crippen molar-refractivity contribution in [2.24, 2.45) is 0 Å². The summed E-state index contributed by atoms with van der Waals surface area (Å²) in [6.45, 7) is 8.65. The van der Waals surface area contributed by atoms with Crippen LogP contribution in [0, 0.1) is 31.3 Å². The fraction of sp³-hybridized carbons (Fsp3) is 0.442. The van der Waals surface area contributed by atoms with Crippen LogP contribution in [-0.2, 0) is 14.3 Å². The Labute approximate surface area is 341 Å². The van der Waals surface area contributed by atoms with Crippen LogP contribution in [0.3, 0.4) is 0 Å². The van der Waals surface area contributed by atoms with Gasteiger partial charge in [-0.25, -0.2) is 18.2 Å². The quantitative estimate of drug-likeness (QED) is 0.0762. The topological polar surface area (TPSA) is 131 Å². The molecule has 0 spiro atoms. The molecular weight excluding hydrogens is 764 g/mol. The largest absolute Gasteiger partial charge is 0.378 e. The van der Waals surface area contributed by atoms with Crippen molar-refractivity contribution >= 4 is 46.0 Å². The van der Waals surface area contributed by atoms with Gasteiger partial charge in [-0.1, -0.05) is 43.9 Å². The molecule has 0 saturated carbocycles. The lowest BCUT2D eigenvalue weighted by molar-refractivity contribution is -0.131. The van der Waals surface area contributed by atoms with Crippen molar-refractivity contribution in [2.45, 2.75) is 58.8 Å². The SMILES string of the molecule is Cc1ccc(Nc2c(C(=O)COCCCCCCCCC(=O)N3CCN(c4nc(N5CCOCC5)nc(-n5c(C)nc6ccccc65)n4)CC3)ccc(F)c2F)c(F)c1. The van der Waals surface area contributed by atoms with Gasteiger partial charge >= 0.3 is 0 Å². The number of ketones is 1. The fourth-order valence-electron chi connectivity index (χ4n) is 7.39. The molecule has 2 saturated heterocycles. The van der Waals surface area contributed by atoms with Crippen LogP contribution in [0.5, 0.6) is 0 Å². The molecule has 16 heteroatoms. The van der Waals surface area contributed by atoms with Crippen LogP contribution < -0.4 is 15.1 Å². The number of fused-ring (bicyclic) bond motifs is 1. The number of hydrogen-bond acceptors (Lipinski definition) is 11. The summed E-state index contributed by atoms with van der Waals surface area (Å²) in [7, 11) is 0. The smallest absolute Gasteiger partial charge is 0.242 e. The molecule has 2 aliphatic heterocycles. The van der Waals surface area contributed by atoms with Gasteiger partial charge < -0.3 is 29.5 Å². The number of nitrogens with one attached hydrogen (secondary N) is 1. The third-order valence-corrected chi connectivity index (χ3v) is 10.7. The standard InChI is InChI=1S/C43H50F3N9O4/c1-29-14-17-34(33(45)27-29)48-40-31(15-16-32(44)39(40)46)37(56)28-59-24-10-6-4-3-5-7-13-38(57)52-18-20-53(21-19-52)41-49-42(54-22-25-58-26-23-54)51-43(50-41)55-30(2)47-35-11-8-9-12-36(35)55/h8-9,11-12,14-17,27,48H,3-7,10,13,18-26,28H2,1-2H3. The third kappa shape index (κ3) is 10.2. The first kappa shape index (κ1) is 41.5. The highest BCUT2D eigenvalue weighted by molar-refractivity contribution is 6.02. The van der Waals surface area contributed by atoms with Crippen molar-refractivity contribution in [1.29, 1.82) is 0 Å². The molecule has 0 radical (unpaired) electrons. The van der Waals surface area contributed by atoms with Gasteiger partial charge in [0.25, 0.3) is 0 Å². The summed E-state index contributed by atoms with van der Waals surface area (Å²) in [6, 6.07) is 14.3. The molecule has 5 aromatic rings. The van der Waals surface area contributed by atoms with Crippen LogP contribution in [0.2, 0.25) is 0 Å². The van der Waals surface area contributed by atoms with Crippen molar-refractivity contribution < 1.29 is 32.2 Å². The van der Waals surface area contributed by atoms with Crippen LogP contribution in [0.25, 0.3) is 17.0 Å². The number of unbranched alkanes of at least 4 members (excludes halogenated alkanes) is 5. The number of carbonyl (C=O) groups is 2. The Balaban J connectivity index is 0.816. The third-order valence-electron chi connectivity index (χ3n) is 10.7. The fourth-order valence-corrected chi connectivity index (χ4v) is 7.39. The molecule has 3 aromatic carbocycles. The van der Waals surface area contributed by atoms with E-state index in [9.17, 15) is 22.8 Å². The van der Waals surface area contributed by atoms with Gasteiger partial charge in [0.2, 0.25) is 23.8 Å². The lowest BCUT2D eigenvalue weighted by atomic mass is 10.1. The van der Waals surface area contributed by atoms with Crippen LogP contribution in [-0.4, -0.2) is 107 Å². The van der Waals surface area contributed by atoms with Crippen molar-refractivity contribution in [3.05, 3.63) is 89.0 Å². The highest BCUT2D eigenvalue weighted by Gasteiger charge is 2.26. The summed E-state index contributed by atoms with van der Waals surface area (Å²) < 4.78 is 56.3. The highest BCUT2D eigenvalue weighted by Crippen LogP contribution is 2.29. The summed E-state index contributed by atoms with van der Waals surface area (Å²) in [5.74, 6) is -0.966. The number of morpholine rings is 1. The van der Waals surface area contributed by atoms with E-state index in [-0.39, 0.29) is 23.8 Å². The molecule has 7 rings (SSSR count). The van der Waals surface area contributed by atoms with E-state index in [1.807, 2.05) is 40.7 Å². The maximum absolute atomic E-state index is 14.7. The number of halogens is 3. The zero-order valence-corrected chi connectivity index (χ0v) is 33.6. The second-order valence-corrected chi connectivity index (χ2v) is 14.9. The summed E-state index contributed by atoms with van der Waals surface area (Å²) in [5, 5.41) is 2.54. The predicted octanol–water partition coefficient (Wildman–Crippen LogP) is 7.10. The number of imidazole rings is 1. The number of hydrogen-bond donors (Lipinski definition) is 1. The number of anilines is 4. The number of Topliss-reactive ketones (excluding diaryl/α,β-unsaturated/α-hetero) is 1. The van der Waals surface area contributed by atoms with E-state index in [1.54, 1.807) is 13.0 Å². The molecule has 0 atom stereocenters. The number of piperazine rings is 1. The highest BCUT2D eigenvalue weighted by atomic mass is 19.2. The molecule has 1 N–H and O–H groups in total. The molecule has 2 fully saturated rings. The number of para-hydroxylation sites is 2. The Kier molecular flexibility index (Phi) is 13.7. The number of rotatable bonds is 17. The van der Waals surface area contributed by atoms with Gasteiger partial charge in [-0.05, 0) is 68.7 Å². The number of carbonyl (C=O) groups excluding carboxylic acids is 2. The van der Waals surface area contributed by atoms with Gasteiger partial charge in [0.15, 0.2) is 17.4 Å². The predicted molar refractivity (Wildman–Crippen MR) is 219 cm³/mol. The molecule has 2 aromatic heterocycles. The second-order valence-electron chi connectivity index (χ2n) is 14.9. The molecule has 0 bridgehead atoms. The van der Waals surface area contributed by atoms with E-state index in [1.165, 1.54) is 18.2 Å². The van der Waals surface area contributed by atoms with E-state index in [0.717, 1.165) is 61.4 Å². The summed E-state index contributed by atoms with van der Waals surface area (Å²) in [5.41, 5.74) is 1.84. The number of aromatic nitrogens is 5. The first-order valence-corrected chi connectivity index (χ1v) is 20.3. The average Bonchev–Trinajstić information content (AvgIpc) is 3.59. The molecular formula is C43H50F3N9O4. The number of ether oxygens (including phenoxy) is 2. The molecule has 4 heterocycles. The average molecular weight is 814 g/mol. The summed E-state index contributed by atoms with van der Waals surface area (Å²) in [6.07, 6.45) is 5.77. The zero-order valence-electron chi connectivity index (χ0n) is 33.6. The minimum atomic E-state index is -1.26. The van der Waals surface area contributed by atoms with Crippen LogP contribution in [0.4, 0.5) is 36.4 Å². The normalized spacial score (nSPS) is 14.6. The molecule has 312 valence electrons. The van der Waals surface area contributed by atoms with Gasteiger partial charge in [-0.2, -0.15) is 15.0 Å². The second kappa shape index (κ2) is 19.4. The van der Waals surface area contributed by atoms with Crippen LogP contribution >= 0.6 is 0 Å². The first-order chi connectivity index (χ1) is 28.7. The molecule has 0 aliphatic carbocycles. The van der Waals surface area contributed by atoms with Crippen molar-refractivity contribution in [3.8, 4) is 5.95 Å². The lowest BCUT2D eigenvalue weighted by Gasteiger charge is -2.35. The van der Waals surface area contributed by atoms with E-state index in [4.69, 9.17) is 29.4 Å². The van der Waals surface area contributed by atoms with E-state index in [2.05, 4.69) is 15.1 Å². The maximum atomic E-state index is 14.7. The van der Waals surface area contributed by atoms with Crippen molar-refractivity contribution in [3.63, 3.8) is 0 Å². The van der Waals surface area contributed by atoms with Gasteiger partial charge in [-0.15, -0.1) is 0 Å². The van der Waals surface area contributed by atoms with Crippen LogP contribution in [0.1, 0.15) is 66.7 Å². The molecule has 0 unspecified atom stereocenters. The molecule has 59 heavy (non-hydrogen) atoms. The minimum absolute atomic E-state index is 0.0707. The Bertz CT molecular complexity index is 2260. The van der Waals surface area contributed by atoms with Gasteiger partial charge in [0, 0.05) is 57.9 Å². The monoisotopic (exact) mass is 813 g/mol. The van der Waals surface area contributed by atoms with Gasteiger partial charge in [-0.3, -0.25) is 14.2 Å². The first-order valence-electron chi connectivity index (χ1n) is 20.3. The summed E-state index contributed by atoms with van der Waals surface area (Å²) >= 11 is 0. The van der Waals surface area contributed by atoms with E-state index < -0.39 is 28.9 Å². The molecule has 2 aliphatic rings.